The van der Waals surface area contributed by atoms with Crippen molar-refractivity contribution in [2.75, 3.05) is 30.1 Å². The van der Waals surface area contributed by atoms with Gasteiger partial charge in [-0.05, 0) is 24.1 Å². The minimum Gasteiger partial charge on any atom is -0.469 e. The van der Waals surface area contributed by atoms with Gasteiger partial charge in [-0.15, -0.1) is 0 Å². The van der Waals surface area contributed by atoms with Crippen molar-refractivity contribution >= 4 is 38.4 Å². The van der Waals surface area contributed by atoms with Crippen molar-refractivity contribution in [1.82, 2.24) is 0 Å². The Bertz CT molecular complexity index is 774. The number of amidine groups is 1. The standard InChI is InChI=1S/C17H22N2O4S2/c1-3-8-19(13-6-4-12(5-7-13)9-16(20)23-2)17-18-14-10-25(21,22)11-15(14)24-17/h4-7,14-15H,3,8-11H2,1-2H3. The Morgan fingerprint density at radius 2 is 2.04 bits per heavy atom. The Labute approximate surface area is 152 Å². The molecule has 1 fully saturated rings. The number of methoxy groups -OCH3 is 1. The van der Waals surface area contributed by atoms with E-state index in [1.807, 2.05) is 24.3 Å². The molecule has 2 unspecified atom stereocenters. The number of fused-ring (bicyclic) bond motifs is 1. The fourth-order valence-corrected chi connectivity index (χ4v) is 6.87. The van der Waals surface area contributed by atoms with Crippen LogP contribution < -0.4 is 4.90 Å². The van der Waals surface area contributed by atoms with Gasteiger partial charge in [-0.2, -0.15) is 0 Å². The zero-order valence-electron chi connectivity index (χ0n) is 14.3. The molecule has 0 amide bonds. The number of anilines is 1. The number of ether oxygens (including phenoxy) is 1. The lowest BCUT2D eigenvalue weighted by atomic mass is 10.1. The Morgan fingerprint density at radius 1 is 1.32 bits per heavy atom. The van der Waals surface area contributed by atoms with Gasteiger partial charge in [0.25, 0.3) is 0 Å². The van der Waals surface area contributed by atoms with Gasteiger partial charge in [-0.25, -0.2) is 8.42 Å². The van der Waals surface area contributed by atoms with Gasteiger partial charge in [-0.1, -0.05) is 30.8 Å². The molecule has 1 aromatic rings. The fourth-order valence-electron chi connectivity index (χ4n) is 3.06. The average molecular weight is 383 g/mol. The second kappa shape index (κ2) is 7.37. The molecule has 2 atom stereocenters. The number of hydrogen-bond donors (Lipinski definition) is 0. The summed E-state index contributed by atoms with van der Waals surface area (Å²) in [4.78, 5) is 18.2. The molecule has 6 nitrogen and oxygen atoms in total. The maximum atomic E-state index is 11.7. The van der Waals surface area contributed by atoms with Crippen molar-refractivity contribution in [2.45, 2.75) is 31.1 Å². The number of carbonyl (C=O) groups excluding carboxylic acids is 1. The fraction of sp³-hybridized carbons (Fsp3) is 0.529. The summed E-state index contributed by atoms with van der Waals surface area (Å²) in [5.41, 5.74) is 1.90. The van der Waals surface area contributed by atoms with Crippen LogP contribution in [0.3, 0.4) is 0 Å². The molecule has 0 radical (unpaired) electrons. The minimum atomic E-state index is -2.94. The molecule has 1 aromatic carbocycles. The van der Waals surface area contributed by atoms with Crippen molar-refractivity contribution in [3.63, 3.8) is 0 Å². The van der Waals surface area contributed by atoms with E-state index in [1.54, 1.807) is 11.8 Å². The zero-order chi connectivity index (χ0) is 18.0. The molecule has 0 spiro atoms. The van der Waals surface area contributed by atoms with E-state index in [-0.39, 0.29) is 35.2 Å². The van der Waals surface area contributed by atoms with Gasteiger partial charge >= 0.3 is 5.97 Å². The van der Waals surface area contributed by atoms with Gasteiger partial charge in [0.2, 0.25) is 0 Å². The van der Waals surface area contributed by atoms with Gasteiger partial charge in [0, 0.05) is 17.5 Å². The highest BCUT2D eigenvalue weighted by Crippen LogP contribution is 2.36. The zero-order valence-corrected chi connectivity index (χ0v) is 16.0. The highest BCUT2D eigenvalue weighted by Gasteiger charge is 2.43. The molecule has 0 saturated carbocycles. The predicted octanol–water partition coefficient (Wildman–Crippen LogP) is 1.89. The molecule has 2 aliphatic rings. The molecule has 0 aliphatic carbocycles. The molecule has 1 saturated heterocycles. The number of nitrogens with zero attached hydrogens (tertiary/aromatic N) is 2. The van der Waals surface area contributed by atoms with Crippen molar-refractivity contribution in [2.24, 2.45) is 4.99 Å². The van der Waals surface area contributed by atoms with Crippen molar-refractivity contribution in [1.29, 1.82) is 0 Å². The number of rotatable bonds is 5. The smallest absolute Gasteiger partial charge is 0.309 e. The summed E-state index contributed by atoms with van der Waals surface area (Å²) in [6.45, 7) is 2.92. The highest BCUT2D eigenvalue weighted by molar-refractivity contribution is 8.15. The first-order valence-corrected chi connectivity index (χ1v) is 11.0. The molecule has 25 heavy (non-hydrogen) atoms. The summed E-state index contributed by atoms with van der Waals surface area (Å²) in [5, 5.41) is 0.936. The Morgan fingerprint density at radius 3 is 2.64 bits per heavy atom. The number of aliphatic imine (C=N–C) groups is 1. The first kappa shape index (κ1) is 18.3. The lowest BCUT2D eigenvalue weighted by Crippen LogP contribution is -2.29. The number of carbonyl (C=O) groups is 1. The van der Waals surface area contributed by atoms with E-state index in [9.17, 15) is 13.2 Å². The Hall–Kier alpha value is -1.54. The van der Waals surface area contributed by atoms with Crippen LogP contribution >= 0.6 is 11.8 Å². The topological polar surface area (TPSA) is 76.0 Å². The van der Waals surface area contributed by atoms with Crippen LogP contribution in [0.2, 0.25) is 0 Å². The Kier molecular flexibility index (Phi) is 5.38. The normalized spacial score (nSPS) is 23.8. The third kappa shape index (κ3) is 4.17. The predicted molar refractivity (Wildman–Crippen MR) is 101 cm³/mol. The van der Waals surface area contributed by atoms with Crippen LogP contribution in [-0.4, -0.2) is 56.0 Å². The second-order valence-electron chi connectivity index (χ2n) is 6.28. The molecule has 3 rings (SSSR count). The first-order chi connectivity index (χ1) is 11.9. The SMILES string of the molecule is CCCN(C1=NC2CS(=O)(=O)CC2S1)c1ccc(CC(=O)OC)cc1. The summed E-state index contributed by atoms with van der Waals surface area (Å²) in [6.07, 6.45) is 1.21. The number of hydrogen-bond acceptors (Lipinski definition) is 7. The second-order valence-corrected chi connectivity index (χ2v) is 9.64. The molecule has 0 aromatic heterocycles. The lowest BCUT2D eigenvalue weighted by Gasteiger charge is -2.24. The number of sulfone groups is 1. The highest BCUT2D eigenvalue weighted by atomic mass is 32.2. The van der Waals surface area contributed by atoms with Gasteiger partial charge in [0.15, 0.2) is 15.0 Å². The van der Waals surface area contributed by atoms with Crippen LogP contribution in [0.15, 0.2) is 29.3 Å². The van der Waals surface area contributed by atoms with Gasteiger partial charge in [-0.3, -0.25) is 9.79 Å². The van der Waals surface area contributed by atoms with Gasteiger partial charge in [0.1, 0.15) is 0 Å². The van der Waals surface area contributed by atoms with E-state index in [2.05, 4.69) is 21.6 Å². The summed E-state index contributed by atoms with van der Waals surface area (Å²) >= 11 is 1.57. The van der Waals surface area contributed by atoms with E-state index in [4.69, 9.17) is 0 Å². The summed E-state index contributed by atoms with van der Waals surface area (Å²) in [7, 11) is -1.56. The van der Waals surface area contributed by atoms with Crippen LogP contribution in [0.5, 0.6) is 0 Å². The van der Waals surface area contributed by atoms with Crippen molar-refractivity contribution in [3.8, 4) is 0 Å². The van der Waals surface area contributed by atoms with Crippen LogP contribution in [0.25, 0.3) is 0 Å². The van der Waals surface area contributed by atoms with Crippen LogP contribution in [0.4, 0.5) is 5.69 Å². The maximum Gasteiger partial charge on any atom is 0.309 e. The van der Waals surface area contributed by atoms with E-state index in [0.717, 1.165) is 29.4 Å². The van der Waals surface area contributed by atoms with Gasteiger partial charge in [0.05, 0.1) is 31.1 Å². The minimum absolute atomic E-state index is 0.0398. The number of thioether (sulfide) groups is 1. The largest absolute Gasteiger partial charge is 0.469 e. The molecule has 2 aliphatic heterocycles. The van der Waals surface area contributed by atoms with E-state index in [1.165, 1.54) is 7.11 Å². The van der Waals surface area contributed by atoms with Crippen LogP contribution in [-0.2, 0) is 25.8 Å². The summed E-state index contributed by atoms with van der Waals surface area (Å²) < 4.78 is 28.2. The third-order valence-electron chi connectivity index (χ3n) is 4.31. The van der Waals surface area contributed by atoms with Gasteiger partial charge < -0.3 is 9.64 Å². The molecule has 0 bridgehead atoms. The van der Waals surface area contributed by atoms with Crippen LogP contribution in [0.1, 0.15) is 18.9 Å². The maximum absolute atomic E-state index is 11.7. The summed E-state index contributed by atoms with van der Waals surface area (Å²) in [6, 6.07) is 7.66. The third-order valence-corrected chi connectivity index (χ3v) is 7.55. The van der Waals surface area contributed by atoms with E-state index < -0.39 is 9.84 Å². The first-order valence-electron chi connectivity index (χ1n) is 8.30. The average Bonchev–Trinajstić information content (AvgIpc) is 3.06. The lowest BCUT2D eigenvalue weighted by molar-refractivity contribution is -0.139. The number of benzene rings is 1. The molecule has 136 valence electrons. The molecule has 8 heteroatoms. The monoisotopic (exact) mass is 382 g/mol. The van der Waals surface area contributed by atoms with Crippen LogP contribution in [0, 0.1) is 0 Å². The number of esters is 1. The molecular formula is C17H22N2O4S2. The molecule has 0 N–H and O–H groups in total. The van der Waals surface area contributed by atoms with E-state index in [0.29, 0.717) is 0 Å². The summed E-state index contributed by atoms with van der Waals surface area (Å²) in [5.74, 6) is 0.113. The molecular weight excluding hydrogens is 360 g/mol. The van der Waals surface area contributed by atoms with E-state index >= 15 is 0 Å². The molecule has 2 heterocycles. The Balaban J connectivity index is 1.77. The van der Waals surface area contributed by atoms with Crippen molar-refractivity contribution < 1.29 is 17.9 Å². The van der Waals surface area contributed by atoms with Crippen molar-refractivity contribution in [3.05, 3.63) is 29.8 Å². The quantitative estimate of drug-likeness (QED) is 0.724.